The minimum Gasteiger partial charge on any atom is -0.311 e. The molecule has 114 valence electrons. The second-order valence-corrected chi connectivity index (χ2v) is 5.81. The van der Waals surface area contributed by atoms with Crippen molar-refractivity contribution in [3.05, 3.63) is 65.2 Å². The number of hydrogen-bond acceptors (Lipinski definition) is 2. The van der Waals surface area contributed by atoms with Crippen LogP contribution in [-0.2, 0) is 17.8 Å². The molecule has 0 aromatic heterocycles. The van der Waals surface area contributed by atoms with Gasteiger partial charge in [-0.15, -0.1) is 0 Å². The molecule has 2 aromatic carbocycles. The highest BCUT2D eigenvalue weighted by atomic mass is 16.2. The van der Waals surface area contributed by atoms with Crippen LogP contribution in [0.1, 0.15) is 23.1 Å². The van der Waals surface area contributed by atoms with Crippen molar-refractivity contribution in [1.29, 1.82) is 0 Å². The average molecular weight is 294 g/mol. The van der Waals surface area contributed by atoms with E-state index in [9.17, 15) is 4.79 Å². The number of fused-ring (bicyclic) bond motifs is 1. The van der Waals surface area contributed by atoms with E-state index in [1.807, 2.05) is 35.2 Å². The highest BCUT2D eigenvalue weighted by Crippen LogP contribution is 2.26. The Bertz CT molecular complexity index is 666. The number of rotatable bonds is 4. The summed E-state index contributed by atoms with van der Waals surface area (Å²) in [5.41, 5.74) is 4.86. The third kappa shape index (κ3) is 3.20. The first-order chi connectivity index (χ1) is 10.8. The molecule has 0 radical (unpaired) electrons. The molecule has 0 spiro atoms. The van der Waals surface area contributed by atoms with Crippen LogP contribution in [-0.4, -0.2) is 19.0 Å². The number of nitrogens with zero attached hydrogens (tertiary/aromatic N) is 1. The molecule has 1 heterocycles. The SMILES string of the molecule is Cc1ccccc1CNCC(=O)N1CCCc2ccccc21. The van der Waals surface area contributed by atoms with Crippen molar-refractivity contribution in [1.82, 2.24) is 5.32 Å². The van der Waals surface area contributed by atoms with Gasteiger partial charge in [0.15, 0.2) is 0 Å². The van der Waals surface area contributed by atoms with Crippen molar-refractivity contribution in [2.24, 2.45) is 0 Å². The van der Waals surface area contributed by atoms with E-state index >= 15 is 0 Å². The fraction of sp³-hybridized carbons (Fsp3) is 0.316. The normalized spacial score (nSPS) is 13.8. The molecule has 2 aromatic rings. The molecule has 0 saturated heterocycles. The first-order valence-corrected chi connectivity index (χ1v) is 7.89. The molecule has 0 unspecified atom stereocenters. The summed E-state index contributed by atoms with van der Waals surface area (Å²) in [6.07, 6.45) is 2.11. The Labute approximate surface area is 132 Å². The summed E-state index contributed by atoms with van der Waals surface area (Å²) < 4.78 is 0. The van der Waals surface area contributed by atoms with Crippen molar-refractivity contribution < 1.29 is 4.79 Å². The van der Waals surface area contributed by atoms with Gasteiger partial charge in [-0.2, -0.15) is 0 Å². The number of hydrogen-bond donors (Lipinski definition) is 1. The van der Waals surface area contributed by atoms with Gasteiger partial charge in [0.1, 0.15) is 0 Å². The Morgan fingerprint density at radius 3 is 2.77 bits per heavy atom. The lowest BCUT2D eigenvalue weighted by Gasteiger charge is -2.29. The summed E-state index contributed by atoms with van der Waals surface area (Å²) >= 11 is 0. The van der Waals surface area contributed by atoms with Gasteiger partial charge >= 0.3 is 0 Å². The van der Waals surface area contributed by atoms with E-state index in [0.29, 0.717) is 6.54 Å². The number of carbonyl (C=O) groups excluding carboxylic acids is 1. The number of nitrogens with one attached hydrogen (secondary N) is 1. The Hall–Kier alpha value is -2.13. The third-order valence-corrected chi connectivity index (χ3v) is 4.26. The zero-order valence-corrected chi connectivity index (χ0v) is 13.0. The number of para-hydroxylation sites is 1. The van der Waals surface area contributed by atoms with E-state index in [0.717, 1.165) is 31.6 Å². The van der Waals surface area contributed by atoms with E-state index in [1.54, 1.807) is 0 Å². The Kier molecular flexibility index (Phi) is 4.54. The molecule has 0 fully saturated rings. The van der Waals surface area contributed by atoms with Crippen molar-refractivity contribution in [2.75, 3.05) is 18.0 Å². The lowest BCUT2D eigenvalue weighted by molar-refractivity contribution is -0.117. The number of carbonyl (C=O) groups is 1. The summed E-state index contributed by atoms with van der Waals surface area (Å²) in [5.74, 6) is 0.153. The van der Waals surface area contributed by atoms with Crippen LogP contribution in [0.4, 0.5) is 5.69 Å². The van der Waals surface area contributed by atoms with Gasteiger partial charge in [0.25, 0.3) is 0 Å². The highest BCUT2D eigenvalue weighted by molar-refractivity contribution is 5.95. The van der Waals surface area contributed by atoms with Crippen LogP contribution in [0.3, 0.4) is 0 Å². The van der Waals surface area contributed by atoms with Crippen LogP contribution in [0.25, 0.3) is 0 Å². The first kappa shape index (κ1) is 14.8. The van der Waals surface area contributed by atoms with Gasteiger partial charge in [-0.3, -0.25) is 4.79 Å². The maximum atomic E-state index is 12.5. The number of benzene rings is 2. The first-order valence-electron chi connectivity index (χ1n) is 7.89. The Morgan fingerprint density at radius 1 is 1.14 bits per heavy atom. The molecule has 3 nitrogen and oxygen atoms in total. The van der Waals surface area contributed by atoms with E-state index in [-0.39, 0.29) is 5.91 Å². The van der Waals surface area contributed by atoms with Gasteiger partial charge in [-0.1, -0.05) is 42.5 Å². The van der Waals surface area contributed by atoms with E-state index < -0.39 is 0 Å². The van der Waals surface area contributed by atoms with Crippen molar-refractivity contribution in [3.8, 4) is 0 Å². The Morgan fingerprint density at radius 2 is 1.91 bits per heavy atom. The summed E-state index contributed by atoms with van der Waals surface area (Å²) in [6, 6.07) is 16.5. The molecule has 0 bridgehead atoms. The number of amides is 1. The minimum atomic E-state index is 0.153. The summed E-state index contributed by atoms with van der Waals surface area (Å²) in [5, 5.41) is 3.28. The molecule has 0 saturated carbocycles. The quantitative estimate of drug-likeness (QED) is 0.940. The fourth-order valence-electron chi connectivity index (χ4n) is 3.00. The maximum absolute atomic E-state index is 12.5. The molecule has 1 amide bonds. The van der Waals surface area contributed by atoms with Crippen molar-refractivity contribution >= 4 is 11.6 Å². The summed E-state index contributed by atoms with van der Waals surface area (Å²) in [6.45, 7) is 4.03. The fourth-order valence-corrected chi connectivity index (χ4v) is 3.00. The smallest absolute Gasteiger partial charge is 0.240 e. The number of anilines is 1. The topological polar surface area (TPSA) is 32.3 Å². The minimum absolute atomic E-state index is 0.153. The van der Waals surface area contributed by atoms with Gasteiger partial charge in [-0.25, -0.2) is 0 Å². The zero-order chi connectivity index (χ0) is 15.4. The van der Waals surface area contributed by atoms with Crippen LogP contribution in [0, 0.1) is 6.92 Å². The van der Waals surface area contributed by atoms with Crippen LogP contribution in [0.15, 0.2) is 48.5 Å². The second-order valence-electron chi connectivity index (χ2n) is 5.81. The van der Waals surface area contributed by atoms with Gasteiger partial charge in [0.05, 0.1) is 6.54 Å². The predicted octanol–water partition coefficient (Wildman–Crippen LogP) is 3.06. The van der Waals surface area contributed by atoms with Crippen LogP contribution in [0.5, 0.6) is 0 Å². The van der Waals surface area contributed by atoms with E-state index in [4.69, 9.17) is 0 Å². The second kappa shape index (κ2) is 6.75. The molecular formula is C19H22N2O. The summed E-state index contributed by atoms with van der Waals surface area (Å²) in [4.78, 5) is 14.4. The standard InChI is InChI=1S/C19H22N2O/c1-15-7-2-3-9-17(15)13-20-14-19(22)21-12-6-10-16-8-4-5-11-18(16)21/h2-5,7-9,11,20H,6,10,12-14H2,1H3. The van der Waals surface area contributed by atoms with Crippen LogP contribution >= 0.6 is 0 Å². The van der Waals surface area contributed by atoms with Crippen LogP contribution < -0.4 is 10.2 Å². The van der Waals surface area contributed by atoms with Crippen molar-refractivity contribution in [3.63, 3.8) is 0 Å². The highest BCUT2D eigenvalue weighted by Gasteiger charge is 2.21. The average Bonchev–Trinajstić information content (AvgIpc) is 2.56. The number of aryl methyl sites for hydroxylation is 2. The lowest BCUT2D eigenvalue weighted by atomic mass is 10.0. The van der Waals surface area contributed by atoms with Gasteiger partial charge in [-0.05, 0) is 42.5 Å². The molecule has 3 heteroatoms. The Balaban J connectivity index is 1.60. The van der Waals surface area contributed by atoms with Crippen LogP contribution in [0.2, 0.25) is 0 Å². The maximum Gasteiger partial charge on any atom is 0.240 e. The lowest BCUT2D eigenvalue weighted by Crippen LogP contribution is -2.41. The van der Waals surface area contributed by atoms with Crippen molar-refractivity contribution in [2.45, 2.75) is 26.3 Å². The van der Waals surface area contributed by atoms with Gasteiger partial charge in [0, 0.05) is 18.8 Å². The molecule has 1 N–H and O–H groups in total. The van der Waals surface area contributed by atoms with Gasteiger partial charge in [0.2, 0.25) is 5.91 Å². The molecule has 22 heavy (non-hydrogen) atoms. The molecule has 3 rings (SSSR count). The molecule has 1 aliphatic rings. The third-order valence-electron chi connectivity index (χ3n) is 4.26. The van der Waals surface area contributed by atoms with Gasteiger partial charge < -0.3 is 10.2 Å². The molecular weight excluding hydrogens is 272 g/mol. The van der Waals surface area contributed by atoms with E-state index in [1.165, 1.54) is 16.7 Å². The monoisotopic (exact) mass is 294 g/mol. The largest absolute Gasteiger partial charge is 0.311 e. The van der Waals surface area contributed by atoms with E-state index in [2.05, 4.69) is 30.4 Å². The molecule has 1 aliphatic heterocycles. The zero-order valence-electron chi connectivity index (χ0n) is 13.0. The molecule has 0 atom stereocenters. The predicted molar refractivity (Wildman–Crippen MR) is 90.0 cm³/mol. The summed E-state index contributed by atoms with van der Waals surface area (Å²) in [7, 11) is 0. The molecule has 0 aliphatic carbocycles.